The van der Waals surface area contributed by atoms with Gasteiger partial charge in [-0.2, -0.15) is 0 Å². The van der Waals surface area contributed by atoms with E-state index in [9.17, 15) is 4.79 Å². The molecular formula is C14H18N2O2. The number of fused-ring (bicyclic) bond motifs is 1. The van der Waals surface area contributed by atoms with Gasteiger partial charge in [-0.25, -0.2) is 0 Å². The predicted molar refractivity (Wildman–Crippen MR) is 70.2 cm³/mol. The molecule has 0 aliphatic heterocycles. The molecule has 4 heteroatoms. The van der Waals surface area contributed by atoms with E-state index in [2.05, 4.69) is 24.3 Å². The van der Waals surface area contributed by atoms with Crippen LogP contribution in [-0.2, 0) is 11.2 Å². The maximum absolute atomic E-state index is 11.9. The van der Waals surface area contributed by atoms with Crippen LogP contribution in [0.5, 0.6) is 0 Å². The number of carbonyl (C=O) groups is 1. The van der Waals surface area contributed by atoms with Gasteiger partial charge in [-0.1, -0.05) is 31.1 Å². The Hall–Kier alpha value is -1.84. The van der Waals surface area contributed by atoms with Crippen molar-refractivity contribution >= 4 is 16.9 Å². The summed E-state index contributed by atoms with van der Waals surface area (Å²) in [6.45, 7) is 4.14. The summed E-state index contributed by atoms with van der Waals surface area (Å²) in [5.74, 6) is 0.00255. The summed E-state index contributed by atoms with van der Waals surface area (Å²) in [7, 11) is 0. The van der Waals surface area contributed by atoms with E-state index in [0.29, 0.717) is 5.69 Å². The summed E-state index contributed by atoms with van der Waals surface area (Å²) in [5.41, 5.74) is 1.43. The van der Waals surface area contributed by atoms with Crippen LogP contribution in [0.4, 0.5) is 0 Å². The van der Waals surface area contributed by atoms with Crippen LogP contribution in [0.3, 0.4) is 0 Å². The van der Waals surface area contributed by atoms with Crippen LogP contribution in [0.2, 0.25) is 0 Å². The van der Waals surface area contributed by atoms with E-state index in [1.54, 1.807) is 0 Å². The number of amides is 1. The molecule has 2 rings (SSSR count). The van der Waals surface area contributed by atoms with Crippen molar-refractivity contribution in [3.8, 4) is 0 Å². The predicted octanol–water partition coefficient (Wildman–Crippen LogP) is 2.68. The third kappa shape index (κ3) is 2.70. The number of benzene rings is 1. The highest BCUT2D eigenvalue weighted by Gasteiger charge is 2.13. The fourth-order valence-electron chi connectivity index (χ4n) is 1.99. The molecule has 2 aromatic rings. The molecule has 4 nitrogen and oxygen atoms in total. The largest absolute Gasteiger partial charge is 0.356 e. The number of nitrogens with one attached hydrogen (secondary N) is 1. The van der Waals surface area contributed by atoms with Gasteiger partial charge in [-0.15, -0.1) is 0 Å². The van der Waals surface area contributed by atoms with Gasteiger partial charge in [0, 0.05) is 11.4 Å². The zero-order chi connectivity index (χ0) is 13.0. The normalized spacial score (nSPS) is 11.1. The molecule has 1 aromatic heterocycles. The first-order valence-electron chi connectivity index (χ1n) is 6.37. The topological polar surface area (TPSA) is 55.1 Å². The molecule has 0 bridgehead atoms. The Kier molecular flexibility index (Phi) is 3.97. The molecule has 1 N–H and O–H groups in total. The molecule has 0 saturated heterocycles. The zero-order valence-corrected chi connectivity index (χ0v) is 10.8. The van der Waals surface area contributed by atoms with Crippen molar-refractivity contribution in [1.82, 2.24) is 10.5 Å². The molecule has 0 aliphatic rings. The van der Waals surface area contributed by atoms with E-state index >= 15 is 0 Å². The van der Waals surface area contributed by atoms with Crippen LogP contribution >= 0.6 is 0 Å². The minimum absolute atomic E-state index is 0.00255. The molecule has 0 saturated carbocycles. The SMILES string of the molecule is CCC(CC)NC(=O)Cc1noc2ccccc12. The Labute approximate surface area is 106 Å². The molecule has 0 spiro atoms. The van der Waals surface area contributed by atoms with Crippen LogP contribution < -0.4 is 5.32 Å². The highest BCUT2D eigenvalue weighted by molar-refractivity contribution is 5.86. The number of para-hydroxylation sites is 1. The van der Waals surface area contributed by atoms with Gasteiger partial charge >= 0.3 is 0 Å². The molecule has 0 fully saturated rings. The number of nitrogens with zero attached hydrogens (tertiary/aromatic N) is 1. The number of aromatic nitrogens is 1. The van der Waals surface area contributed by atoms with Crippen molar-refractivity contribution in [2.75, 3.05) is 0 Å². The second-order valence-electron chi connectivity index (χ2n) is 4.38. The lowest BCUT2D eigenvalue weighted by molar-refractivity contribution is -0.121. The van der Waals surface area contributed by atoms with E-state index in [4.69, 9.17) is 4.52 Å². The molecule has 96 valence electrons. The van der Waals surface area contributed by atoms with Gasteiger partial charge in [-0.3, -0.25) is 4.79 Å². The molecule has 0 radical (unpaired) electrons. The van der Waals surface area contributed by atoms with E-state index < -0.39 is 0 Å². The minimum atomic E-state index is 0.00255. The van der Waals surface area contributed by atoms with E-state index in [0.717, 1.165) is 23.8 Å². The Bertz CT molecular complexity index is 529. The molecule has 1 heterocycles. The van der Waals surface area contributed by atoms with Crippen LogP contribution in [0.15, 0.2) is 28.8 Å². The van der Waals surface area contributed by atoms with Crippen LogP contribution in [0.1, 0.15) is 32.4 Å². The summed E-state index contributed by atoms with van der Waals surface area (Å²) in [4.78, 5) is 11.9. The number of hydrogen-bond donors (Lipinski definition) is 1. The molecule has 0 aliphatic carbocycles. The maximum Gasteiger partial charge on any atom is 0.226 e. The fourth-order valence-corrected chi connectivity index (χ4v) is 1.99. The number of carbonyl (C=O) groups excluding carboxylic acids is 1. The first-order chi connectivity index (χ1) is 8.74. The quantitative estimate of drug-likeness (QED) is 0.882. The van der Waals surface area contributed by atoms with Gasteiger partial charge in [0.2, 0.25) is 5.91 Å². The smallest absolute Gasteiger partial charge is 0.226 e. The van der Waals surface area contributed by atoms with Gasteiger partial charge in [0.05, 0.1) is 6.42 Å². The maximum atomic E-state index is 11.9. The van der Waals surface area contributed by atoms with Crippen molar-refractivity contribution in [2.45, 2.75) is 39.2 Å². The Morgan fingerprint density at radius 2 is 2.06 bits per heavy atom. The Morgan fingerprint density at radius 1 is 1.33 bits per heavy atom. The number of hydrogen-bond acceptors (Lipinski definition) is 3. The van der Waals surface area contributed by atoms with E-state index in [1.165, 1.54) is 0 Å². The highest BCUT2D eigenvalue weighted by Crippen LogP contribution is 2.18. The van der Waals surface area contributed by atoms with Crippen molar-refractivity contribution in [3.63, 3.8) is 0 Å². The summed E-state index contributed by atoms with van der Waals surface area (Å²) in [5, 5.41) is 7.87. The second-order valence-corrected chi connectivity index (χ2v) is 4.38. The van der Waals surface area contributed by atoms with Crippen molar-refractivity contribution in [3.05, 3.63) is 30.0 Å². The summed E-state index contributed by atoms with van der Waals surface area (Å²) in [6, 6.07) is 7.83. The minimum Gasteiger partial charge on any atom is -0.356 e. The first-order valence-corrected chi connectivity index (χ1v) is 6.37. The Balaban J connectivity index is 2.07. The molecule has 1 amide bonds. The summed E-state index contributed by atoms with van der Waals surface area (Å²) in [6.07, 6.45) is 2.16. The van der Waals surface area contributed by atoms with Gasteiger partial charge in [0.25, 0.3) is 0 Å². The van der Waals surface area contributed by atoms with Crippen LogP contribution in [0, 0.1) is 0 Å². The lowest BCUT2D eigenvalue weighted by Crippen LogP contribution is -2.34. The molecule has 0 unspecified atom stereocenters. The van der Waals surface area contributed by atoms with Gasteiger partial charge in [0.1, 0.15) is 5.69 Å². The number of rotatable bonds is 5. The monoisotopic (exact) mass is 246 g/mol. The van der Waals surface area contributed by atoms with Crippen LogP contribution in [0.25, 0.3) is 11.0 Å². The van der Waals surface area contributed by atoms with E-state index in [-0.39, 0.29) is 18.4 Å². The van der Waals surface area contributed by atoms with Crippen molar-refractivity contribution in [2.24, 2.45) is 0 Å². The lowest BCUT2D eigenvalue weighted by Gasteiger charge is -2.13. The van der Waals surface area contributed by atoms with Crippen molar-refractivity contribution < 1.29 is 9.32 Å². The third-order valence-corrected chi connectivity index (χ3v) is 3.13. The average molecular weight is 246 g/mol. The van der Waals surface area contributed by atoms with Gasteiger partial charge in [-0.05, 0) is 25.0 Å². The molecule has 0 atom stereocenters. The third-order valence-electron chi connectivity index (χ3n) is 3.13. The van der Waals surface area contributed by atoms with Gasteiger partial charge in [0.15, 0.2) is 5.58 Å². The second kappa shape index (κ2) is 5.67. The summed E-state index contributed by atoms with van der Waals surface area (Å²) < 4.78 is 5.18. The zero-order valence-electron chi connectivity index (χ0n) is 10.8. The first kappa shape index (κ1) is 12.6. The van der Waals surface area contributed by atoms with E-state index in [1.807, 2.05) is 24.3 Å². The summed E-state index contributed by atoms with van der Waals surface area (Å²) >= 11 is 0. The molecule has 18 heavy (non-hydrogen) atoms. The van der Waals surface area contributed by atoms with Crippen molar-refractivity contribution in [1.29, 1.82) is 0 Å². The fraction of sp³-hybridized carbons (Fsp3) is 0.429. The standard InChI is InChI=1S/C14H18N2O2/c1-3-10(4-2)15-14(17)9-12-11-7-5-6-8-13(11)18-16-12/h5-8,10H,3-4,9H2,1-2H3,(H,15,17). The molecule has 1 aromatic carbocycles. The Morgan fingerprint density at radius 3 is 2.78 bits per heavy atom. The highest BCUT2D eigenvalue weighted by atomic mass is 16.5. The van der Waals surface area contributed by atoms with Gasteiger partial charge < -0.3 is 9.84 Å². The van der Waals surface area contributed by atoms with Crippen LogP contribution in [-0.4, -0.2) is 17.1 Å². The average Bonchev–Trinajstić information content (AvgIpc) is 2.79. The molecular weight excluding hydrogens is 228 g/mol. The lowest BCUT2D eigenvalue weighted by atomic mass is 10.1.